The molecule has 3 amide bonds. The molecule has 2 fully saturated rings. The van der Waals surface area contributed by atoms with Gasteiger partial charge in [0.1, 0.15) is 18.2 Å². The number of aliphatic hydroxyl groups is 4. The van der Waals surface area contributed by atoms with Crippen molar-refractivity contribution < 1.29 is 34.8 Å². The van der Waals surface area contributed by atoms with Crippen LogP contribution in [0.5, 0.6) is 0 Å². The predicted octanol–water partition coefficient (Wildman–Crippen LogP) is 0.877. The van der Waals surface area contributed by atoms with Crippen LogP contribution in [-0.2, 0) is 4.79 Å². The number of hydrogen-bond donors (Lipinski definition) is 4. The van der Waals surface area contributed by atoms with Crippen molar-refractivity contribution in [2.45, 2.75) is 35.6 Å². The van der Waals surface area contributed by atoms with Crippen LogP contribution in [-0.4, -0.2) is 84.6 Å². The zero-order chi connectivity index (χ0) is 23.9. The largest absolute Gasteiger partial charge is 0.394 e. The van der Waals surface area contributed by atoms with Gasteiger partial charge >= 0.3 is 0 Å². The topological polar surface area (TPSA) is 139 Å². The highest BCUT2D eigenvalue weighted by Crippen LogP contribution is 2.41. The molecular weight excluding hydrogens is 472 g/mol. The first-order valence-electron chi connectivity index (χ1n) is 10.1. The molecule has 2 aliphatic heterocycles. The van der Waals surface area contributed by atoms with Crippen LogP contribution in [0.2, 0.25) is 5.02 Å². The molecule has 6 atom stereocenters. The molecule has 3 unspecified atom stereocenters. The van der Waals surface area contributed by atoms with Crippen molar-refractivity contribution in [3.8, 4) is 0 Å². The summed E-state index contributed by atoms with van der Waals surface area (Å²) in [5.41, 5.74) is 0.384. The van der Waals surface area contributed by atoms with E-state index >= 15 is 0 Å². The molecule has 4 rings (SSSR count). The van der Waals surface area contributed by atoms with E-state index in [1.807, 2.05) is 0 Å². The first kappa shape index (κ1) is 23.7. The molecule has 0 aromatic heterocycles. The lowest BCUT2D eigenvalue weighted by Gasteiger charge is -2.53. The van der Waals surface area contributed by atoms with E-state index in [1.54, 1.807) is 18.2 Å². The van der Waals surface area contributed by atoms with Gasteiger partial charge in [0.05, 0.1) is 29.7 Å². The normalized spacial score (nSPS) is 28.5. The van der Waals surface area contributed by atoms with Crippen LogP contribution in [0.3, 0.4) is 0 Å². The Morgan fingerprint density at radius 2 is 1.67 bits per heavy atom. The minimum absolute atomic E-state index is 0.169. The van der Waals surface area contributed by atoms with Gasteiger partial charge in [-0.05, 0) is 36.4 Å². The molecule has 2 aromatic carbocycles. The van der Waals surface area contributed by atoms with Crippen molar-refractivity contribution in [2.24, 2.45) is 0 Å². The third-order valence-electron chi connectivity index (χ3n) is 5.78. The Labute approximate surface area is 198 Å². The number of hydrogen-bond acceptors (Lipinski definition) is 8. The van der Waals surface area contributed by atoms with Gasteiger partial charge in [0.25, 0.3) is 17.1 Å². The number of likely N-dealkylation sites (tertiary alicyclic amines) is 1. The molecule has 33 heavy (non-hydrogen) atoms. The lowest BCUT2D eigenvalue weighted by molar-refractivity contribution is -0.143. The zero-order valence-electron chi connectivity index (χ0n) is 17.1. The van der Waals surface area contributed by atoms with Crippen molar-refractivity contribution >= 4 is 46.1 Å². The number of amides is 3. The average Bonchev–Trinajstić information content (AvgIpc) is 2.82. The summed E-state index contributed by atoms with van der Waals surface area (Å²) in [6.45, 7) is -0.828. The highest BCUT2D eigenvalue weighted by atomic mass is 35.5. The second kappa shape index (κ2) is 9.41. The summed E-state index contributed by atoms with van der Waals surface area (Å²) in [5, 5.41) is 40.0. The van der Waals surface area contributed by atoms with Gasteiger partial charge in [-0.1, -0.05) is 41.6 Å². The third-order valence-corrected chi connectivity index (χ3v) is 7.23. The Hall–Kier alpha value is -2.47. The van der Waals surface area contributed by atoms with Crippen LogP contribution in [0.4, 0.5) is 10.5 Å². The van der Waals surface area contributed by atoms with Crippen LogP contribution in [0, 0.1) is 0 Å². The molecule has 0 radical (unpaired) electrons. The number of rotatable bonds is 4. The highest BCUT2D eigenvalue weighted by Gasteiger charge is 2.59. The molecule has 2 heterocycles. The Kier molecular flexibility index (Phi) is 6.76. The maximum Gasteiger partial charge on any atom is 0.293 e. The number of aliphatic hydroxyl groups excluding tert-OH is 4. The Balaban J connectivity index is 1.82. The molecule has 174 valence electrons. The van der Waals surface area contributed by atoms with E-state index in [0.717, 1.165) is 9.80 Å². The summed E-state index contributed by atoms with van der Waals surface area (Å²) in [6, 6.07) is 10.9. The van der Waals surface area contributed by atoms with E-state index in [-0.39, 0.29) is 11.3 Å². The van der Waals surface area contributed by atoms with Crippen LogP contribution in [0.15, 0.2) is 54.6 Å². The Morgan fingerprint density at radius 1 is 1.03 bits per heavy atom. The number of carbonyl (C=O) groups excluding carboxylic acids is 3. The monoisotopic (exact) mass is 492 g/mol. The number of benzene rings is 2. The second-order valence-corrected chi connectivity index (χ2v) is 9.31. The maximum absolute atomic E-state index is 13.6. The van der Waals surface area contributed by atoms with Crippen molar-refractivity contribution in [3.63, 3.8) is 0 Å². The van der Waals surface area contributed by atoms with Crippen LogP contribution >= 0.6 is 23.4 Å². The number of thioether (sulfide) groups is 1. The van der Waals surface area contributed by atoms with E-state index in [0.29, 0.717) is 16.8 Å². The molecular formula is C22H21ClN2O7S. The van der Waals surface area contributed by atoms with E-state index in [9.17, 15) is 34.8 Å². The average molecular weight is 493 g/mol. The SMILES string of the molecule is O=C1SC2C(C(=O)N1c1ccc(Cl)cc1)N(C(=O)c1ccccc1)C([C@@H](O)CO)[C@H](O)[C@H]2O. The summed E-state index contributed by atoms with van der Waals surface area (Å²) in [7, 11) is 0. The van der Waals surface area contributed by atoms with Crippen molar-refractivity contribution in [2.75, 3.05) is 11.5 Å². The molecule has 0 bridgehead atoms. The lowest BCUT2D eigenvalue weighted by Crippen LogP contribution is -2.75. The van der Waals surface area contributed by atoms with Gasteiger partial charge in [0.2, 0.25) is 0 Å². The minimum atomic E-state index is -1.71. The van der Waals surface area contributed by atoms with Crippen LogP contribution in [0.1, 0.15) is 10.4 Å². The lowest BCUT2D eigenvalue weighted by atomic mass is 9.85. The third kappa shape index (κ3) is 4.14. The molecule has 2 saturated heterocycles. The maximum atomic E-state index is 13.6. The van der Waals surface area contributed by atoms with E-state index in [1.165, 1.54) is 36.4 Å². The van der Waals surface area contributed by atoms with Gasteiger partial charge in [-0.25, -0.2) is 4.90 Å². The number of fused-ring (bicyclic) bond motifs is 1. The van der Waals surface area contributed by atoms with Crippen molar-refractivity contribution in [1.29, 1.82) is 0 Å². The quantitative estimate of drug-likeness (QED) is 0.493. The molecule has 2 aliphatic rings. The van der Waals surface area contributed by atoms with Crippen LogP contribution < -0.4 is 4.90 Å². The number of imide groups is 1. The van der Waals surface area contributed by atoms with Gasteiger partial charge in [-0.3, -0.25) is 14.4 Å². The summed E-state index contributed by atoms with van der Waals surface area (Å²) in [6.07, 6.45) is -4.98. The van der Waals surface area contributed by atoms with E-state index < -0.39 is 59.3 Å². The smallest absolute Gasteiger partial charge is 0.293 e. The number of nitrogens with zero attached hydrogens (tertiary/aromatic N) is 2. The second-order valence-electron chi connectivity index (χ2n) is 7.74. The van der Waals surface area contributed by atoms with Crippen LogP contribution in [0.25, 0.3) is 0 Å². The summed E-state index contributed by atoms with van der Waals surface area (Å²) >= 11 is 6.53. The summed E-state index contributed by atoms with van der Waals surface area (Å²) in [5.74, 6) is -1.51. The van der Waals surface area contributed by atoms with Gasteiger partial charge in [-0.2, -0.15) is 0 Å². The van der Waals surface area contributed by atoms with Gasteiger partial charge in [0, 0.05) is 10.6 Å². The Bertz CT molecular complexity index is 1050. The summed E-state index contributed by atoms with van der Waals surface area (Å²) < 4.78 is 0. The number of anilines is 1. The van der Waals surface area contributed by atoms with E-state index in [4.69, 9.17) is 11.6 Å². The molecule has 11 heteroatoms. The minimum Gasteiger partial charge on any atom is -0.394 e. The number of carbonyl (C=O) groups is 3. The van der Waals surface area contributed by atoms with Crippen molar-refractivity contribution in [3.05, 3.63) is 65.2 Å². The van der Waals surface area contributed by atoms with Crippen molar-refractivity contribution in [1.82, 2.24) is 4.90 Å². The molecule has 4 N–H and O–H groups in total. The molecule has 2 aromatic rings. The fourth-order valence-corrected chi connectivity index (χ4v) is 5.55. The van der Waals surface area contributed by atoms with Gasteiger partial charge in [0.15, 0.2) is 0 Å². The fraction of sp³-hybridized carbons (Fsp3) is 0.318. The number of halogens is 1. The summed E-state index contributed by atoms with van der Waals surface area (Å²) in [4.78, 5) is 41.9. The predicted molar refractivity (Wildman–Crippen MR) is 121 cm³/mol. The van der Waals surface area contributed by atoms with Gasteiger partial charge < -0.3 is 25.3 Å². The molecule has 0 saturated carbocycles. The number of piperidine rings is 1. The highest BCUT2D eigenvalue weighted by molar-refractivity contribution is 8.14. The first-order chi connectivity index (χ1) is 15.8. The van der Waals surface area contributed by atoms with Gasteiger partial charge in [-0.15, -0.1) is 0 Å². The molecule has 0 aliphatic carbocycles. The fourth-order valence-electron chi connectivity index (χ4n) is 4.21. The first-order valence-corrected chi connectivity index (χ1v) is 11.3. The zero-order valence-corrected chi connectivity index (χ0v) is 18.6. The molecule has 0 spiro atoms. The standard InChI is InChI=1S/C22H21ClN2O7S/c23-12-6-8-13(9-7-12)24-21(31)16-19(33-22(24)32)18(29)17(28)15(14(27)10-26)25(16)20(30)11-4-2-1-3-5-11/h1-9,14-19,26-29H,10H2/t14-,15?,16?,17-,18+,19?/m0/s1. The Morgan fingerprint density at radius 3 is 2.27 bits per heavy atom. The van der Waals surface area contributed by atoms with E-state index in [2.05, 4.69) is 0 Å². The molecule has 9 nitrogen and oxygen atoms in total.